The van der Waals surface area contributed by atoms with Gasteiger partial charge in [0.15, 0.2) is 0 Å². The third kappa shape index (κ3) is 6.06. The first-order chi connectivity index (χ1) is 18.6. The van der Waals surface area contributed by atoms with Crippen LogP contribution in [-0.2, 0) is 9.53 Å². The minimum absolute atomic E-state index is 0.229. The molecule has 4 heterocycles. The number of carbonyl (C=O) groups excluding carboxylic acids is 2. The van der Waals surface area contributed by atoms with Crippen molar-refractivity contribution in [3.8, 4) is 0 Å². The number of likely N-dealkylation sites (N-methyl/N-ethyl adjacent to an activating group) is 1. The molecular formula is C29H37N7O3. The molecule has 3 aromatic rings. The molecule has 2 aliphatic heterocycles. The monoisotopic (exact) mass is 531 g/mol. The predicted octanol–water partition coefficient (Wildman–Crippen LogP) is 4.51. The van der Waals surface area contributed by atoms with Crippen LogP contribution >= 0.6 is 0 Å². The van der Waals surface area contributed by atoms with Crippen molar-refractivity contribution in [1.29, 1.82) is 0 Å². The van der Waals surface area contributed by atoms with Gasteiger partial charge >= 0.3 is 6.09 Å². The van der Waals surface area contributed by atoms with Gasteiger partial charge in [-0.3, -0.25) is 14.6 Å². The van der Waals surface area contributed by atoms with Gasteiger partial charge in [-0.25, -0.2) is 14.3 Å². The fraction of sp³-hybridized carbons (Fsp3) is 0.448. The van der Waals surface area contributed by atoms with Gasteiger partial charge in [0.2, 0.25) is 11.9 Å². The molecule has 2 unspecified atom stereocenters. The van der Waals surface area contributed by atoms with E-state index in [1.54, 1.807) is 11.1 Å². The smallest absolute Gasteiger partial charge is 0.414 e. The molecule has 2 amide bonds. The lowest BCUT2D eigenvalue weighted by Gasteiger charge is -2.35. The lowest BCUT2D eigenvalue weighted by molar-refractivity contribution is -0.124. The van der Waals surface area contributed by atoms with Crippen molar-refractivity contribution in [2.45, 2.75) is 64.0 Å². The van der Waals surface area contributed by atoms with Crippen LogP contribution in [0.3, 0.4) is 0 Å². The summed E-state index contributed by atoms with van der Waals surface area (Å²) < 4.78 is 7.42. The van der Waals surface area contributed by atoms with Crippen molar-refractivity contribution in [3.63, 3.8) is 0 Å². The Morgan fingerprint density at radius 3 is 2.59 bits per heavy atom. The summed E-state index contributed by atoms with van der Waals surface area (Å²) in [7, 11) is 1.95. The number of nitrogens with two attached hydrogens (primary N) is 1. The summed E-state index contributed by atoms with van der Waals surface area (Å²) in [6.45, 7) is 7.07. The number of anilines is 2. The van der Waals surface area contributed by atoms with Crippen LogP contribution in [0.4, 0.5) is 16.4 Å². The Bertz CT molecular complexity index is 1390. The Hall–Kier alpha value is -3.92. The maximum atomic E-state index is 12.6. The highest BCUT2D eigenvalue weighted by Crippen LogP contribution is 2.32. The van der Waals surface area contributed by atoms with Crippen LogP contribution in [0.25, 0.3) is 11.1 Å². The molecule has 0 aliphatic carbocycles. The maximum absolute atomic E-state index is 12.6. The van der Waals surface area contributed by atoms with Gasteiger partial charge in [0.05, 0.1) is 23.4 Å². The highest BCUT2D eigenvalue weighted by molar-refractivity contribution is 5.80. The third-order valence-electron chi connectivity index (χ3n) is 7.35. The Morgan fingerprint density at radius 2 is 1.87 bits per heavy atom. The van der Waals surface area contributed by atoms with Gasteiger partial charge in [-0.15, -0.1) is 5.10 Å². The number of likely N-dealkylation sites (tertiary alicyclic amines) is 1. The molecule has 2 aromatic heterocycles. The van der Waals surface area contributed by atoms with E-state index < -0.39 is 5.60 Å². The topological polar surface area (TPSA) is 118 Å². The van der Waals surface area contributed by atoms with E-state index in [1.165, 1.54) is 5.56 Å². The zero-order valence-electron chi connectivity index (χ0n) is 23.1. The number of piperidine rings is 1. The minimum Gasteiger partial charge on any atom is -0.443 e. The second kappa shape index (κ2) is 10.7. The molecule has 1 saturated heterocycles. The van der Waals surface area contributed by atoms with E-state index in [-0.39, 0.29) is 18.0 Å². The molecule has 10 heteroatoms. The standard InChI is InChI=1S/C29H37N7O3/c1-29(2,3)39-28(38)35-14-5-6-21(18-35)24-12-11-23-17-31-27(33-36(23)24)32-22-9-7-19(8-10-22)20-13-15-34(4)25(16-20)26(30)37/h7-12,17-18,20,25H,5-6,13-16H2,1-4H3,(H2,30,37)(H,32,33). The summed E-state index contributed by atoms with van der Waals surface area (Å²) in [5.74, 6) is 0.506. The highest BCUT2D eigenvalue weighted by atomic mass is 16.6. The number of carbonyl (C=O) groups is 2. The van der Waals surface area contributed by atoms with Gasteiger partial charge in [-0.05, 0) is 101 Å². The molecule has 0 spiro atoms. The second-order valence-electron chi connectivity index (χ2n) is 11.4. The normalized spacial score (nSPS) is 20.5. The van der Waals surface area contributed by atoms with Gasteiger partial charge in [0.1, 0.15) is 5.60 Å². The van der Waals surface area contributed by atoms with Gasteiger partial charge in [-0.1, -0.05) is 12.1 Å². The molecular weight excluding hydrogens is 494 g/mol. The Morgan fingerprint density at radius 1 is 1.10 bits per heavy atom. The highest BCUT2D eigenvalue weighted by Gasteiger charge is 2.30. The van der Waals surface area contributed by atoms with E-state index in [0.29, 0.717) is 18.4 Å². The van der Waals surface area contributed by atoms with Gasteiger partial charge in [-0.2, -0.15) is 0 Å². The average molecular weight is 532 g/mol. The first kappa shape index (κ1) is 26.7. The van der Waals surface area contributed by atoms with E-state index in [0.717, 1.165) is 54.7 Å². The molecule has 0 radical (unpaired) electrons. The van der Waals surface area contributed by atoms with Crippen molar-refractivity contribution < 1.29 is 14.3 Å². The number of aromatic nitrogens is 3. The molecule has 2 aliphatic rings. The number of fused-ring (bicyclic) bond motifs is 1. The zero-order valence-corrected chi connectivity index (χ0v) is 23.1. The number of hydrogen-bond acceptors (Lipinski definition) is 7. The maximum Gasteiger partial charge on any atom is 0.414 e. The summed E-state index contributed by atoms with van der Waals surface area (Å²) in [4.78, 5) is 32.6. The molecule has 206 valence electrons. The molecule has 2 atom stereocenters. The van der Waals surface area contributed by atoms with E-state index in [2.05, 4.69) is 22.4 Å². The Kier molecular flexibility index (Phi) is 7.31. The largest absolute Gasteiger partial charge is 0.443 e. The van der Waals surface area contributed by atoms with E-state index in [9.17, 15) is 9.59 Å². The summed E-state index contributed by atoms with van der Waals surface area (Å²) in [5, 5.41) is 8.05. The van der Waals surface area contributed by atoms with Crippen molar-refractivity contribution in [3.05, 3.63) is 60.1 Å². The van der Waals surface area contributed by atoms with Crippen molar-refractivity contribution in [2.24, 2.45) is 5.73 Å². The average Bonchev–Trinajstić information content (AvgIpc) is 3.32. The number of ether oxygens (including phenoxy) is 1. The summed E-state index contributed by atoms with van der Waals surface area (Å²) in [6, 6.07) is 12.0. The lowest BCUT2D eigenvalue weighted by atomic mass is 9.85. The fourth-order valence-electron chi connectivity index (χ4n) is 5.30. The molecule has 1 aromatic carbocycles. The first-order valence-corrected chi connectivity index (χ1v) is 13.5. The van der Waals surface area contributed by atoms with Crippen LogP contribution in [0.15, 0.2) is 48.8 Å². The molecule has 3 N–H and O–H groups in total. The predicted molar refractivity (Wildman–Crippen MR) is 150 cm³/mol. The van der Waals surface area contributed by atoms with Crippen LogP contribution in [-0.4, -0.2) is 68.2 Å². The number of nitrogens with one attached hydrogen (secondary N) is 1. The Labute approximate surface area is 228 Å². The molecule has 0 saturated carbocycles. The van der Waals surface area contributed by atoms with Crippen LogP contribution in [0.2, 0.25) is 0 Å². The molecule has 0 bridgehead atoms. The fourth-order valence-corrected chi connectivity index (χ4v) is 5.30. The van der Waals surface area contributed by atoms with Gasteiger partial charge < -0.3 is 15.8 Å². The quantitative estimate of drug-likeness (QED) is 0.497. The number of rotatable bonds is 5. The lowest BCUT2D eigenvalue weighted by Crippen LogP contribution is -2.47. The number of hydrogen-bond donors (Lipinski definition) is 2. The van der Waals surface area contributed by atoms with E-state index in [1.807, 2.05) is 67.7 Å². The van der Waals surface area contributed by atoms with Crippen LogP contribution in [0.1, 0.15) is 63.6 Å². The number of amides is 2. The first-order valence-electron chi connectivity index (χ1n) is 13.5. The van der Waals surface area contributed by atoms with Crippen molar-refractivity contribution in [1.82, 2.24) is 24.4 Å². The number of nitrogens with zero attached hydrogens (tertiary/aromatic N) is 5. The third-order valence-corrected chi connectivity index (χ3v) is 7.35. The number of benzene rings is 1. The number of allylic oxidation sites excluding steroid dienone is 1. The molecule has 1 fully saturated rings. The molecule has 5 rings (SSSR count). The zero-order chi connectivity index (χ0) is 27.7. The van der Waals surface area contributed by atoms with Crippen molar-refractivity contribution in [2.75, 3.05) is 25.5 Å². The molecule has 39 heavy (non-hydrogen) atoms. The molecule has 10 nitrogen and oxygen atoms in total. The summed E-state index contributed by atoms with van der Waals surface area (Å²) >= 11 is 0. The second-order valence-corrected chi connectivity index (χ2v) is 11.4. The van der Waals surface area contributed by atoms with Crippen LogP contribution in [0.5, 0.6) is 0 Å². The SMILES string of the molecule is CN1CCC(c2ccc(Nc3ncc4ccc(C5=CN(C(=O)OC(C)(C)C)CCC5)n4n3)cc2)CC1C(N)=O. The summed E-state index contributed by atoms with van der Waals surface area (Å²) in [6.07, 6.45) is 6.72. The van der Waals surface area contributed by atoms with E-state index >= 15 is 0 Å². The Balaban J connectivity index is 1.32. The minimum atomic E-state index is -0.546. The van der Waals surface area contributed by atoms with Gasteiger partial charge in [0, 0.05) is 18.4 Å². The number of primary amides is 1. The van der Waals surface area contributed by atoms with Gasteiger partial charge in [0.25, 0.3) is 0 Å². The van der Waals surface area contributed by atoms with Crippen LogP contribution < -0.4 is 11.1 Å². The summed E-state index contributed by atoms with van der Waals surface area (Å²) in [5.41, 5.74) is 9.94. The van der Waals surface area contributed by atoms with Crippen LogP contribution in [0, 0.1) is 0 Å². The van der Waals surface area contributed by atoms with E-state index in [4.69, 9.17) is 15.6 Å². The van der Waals surface area contributed by atoms with Crippen molar-refractivity contribution >= 4 is 34.7 Å².